The summed E-state index contributed by atoms with van der Waals surface area (Å²) in [6, 6.07) is 0.300. The molecular weight excluding hydrogens is 150 g/mol. The minimum absolute atomic E-state index is 0.0149. The summed E-state index contributed by atoms with van der Waals surface area (Å²) in [7, 11) is 0. The van der Waals surface area contributed by atoms with E-state index in [9.17, 15) is 4.79 Å². The van der Waals surface area contributed by atoms with Crippen LogP contribution in [0.5, 0.6) is 0 Å². The van der Waals surface area contributed by atoms with Gasteiger partial charge in [0.15, 0.2) is 0 Å². The topological polar surface area (TPSA) is 29.1 Å². The second-order valence-electron chi connectivity index (χ2n) is 3.05. The van der Waals surface area contributed by atoms with Crippen molar-refractivity contribution in [3.63, 3.8) is 0 Å². The van der Waals surface area contributed by atoms with Crippen molar-refractivity contribution in [2.24, 2.45) is 0 Å². The van der Waals surface area contributed by atoms with Gasteiger partial charge >= 0.3 is 0 Å². The van der Waals surface area contributed by atoms with E-state index in [1.54, 1.807) is 12.2 Å². The van der Waals surface area contributed by atoms with Crippen molar-refractivity contribution in [2.45, 2.75) is 46.1 Å². The summed E-state index contributed by atoms with van der Waals surface area (Å²) >= 11 is 0. The lowest BCUT2D eigenvalue weighted by Crippen LogP contribution is -2.30. The Kier molecular flexibility index (Phi) is 6.44. The van der Waals surface area contributed by atoms with Gasteiger partial charge in [0.25, 0.3) is 0 Å². The third kappa shape index (κ3) is 5.96. The lowest BCUT2D eigenvalue weighted by molar-refractivity contribution is -0.117. The summed E-state index contributed by atoms with van der Waals surface area (Å²) in [5, 5.41) is 2.89. The van der Waals surface area contributed by atoms with Crippen molar-refractivity contribution in [1.82, 2.24) is 5.32 Å². The third-order valence-electron chi connectivity index (χ3n) is 1.70. The Morgan fingerprint density at radius 3 is 2.75 bits per heavy atom. The van der Waals surface area contributed by atoms with Gasteiger partial charge in [-0.25, -0.2) is 0 Å². The van der Waals surface area contributed by atoms with Gasteiger partial charge in [-0.15, -0.1) is 0 Å². The van der Waals surface area contributed by atoms with E-state index in [1.807, 2.05) is 13.8 Å². The Morgan fingerprint density at radius 1 is 1.58 bits per heavy atom. The van der Waals surface area contributed by atoms with Crippen molar-refractivity contribution in [1.29, 1.82) is 0 Å². The standard InChI is InChI=1S/C10H19NO/c1-4-6-8-9(3)11-10(12)7-5-2/h5,7,9H,4,6,8H2,1-3H3,(H,11,12). The molecule has 0 aromatic rings. The van der Waals surface area contributed by atoms with Crippen molar-refractivity contribution in [3.8, 4) is 0 Å². The van der Waals surface area contributed by atoms with Gasteiger partial charge in [-0.3, -0.25) is 4.79 Å². The quantitative estimate of drug-likeness (QED) is 0.628. The predicted octanol–water partition coefficient (Wildman–Crippen LogP) is 2.26. The number of carbonyl (C=O) groups is 1. The van der Waals surface area contributed by atoms with Gasteiger partial charge < -0.3 is 5.32 Å². The molecule has 0 heterocycles. The van der Waals surface area contributed by atoms with Crippen molar-refractivity contribution in [3.05, 3.63) is 12.2 Å². The smallest absolute Gasteiger partial charge is 0.243 e. The molecule has 2 heteroatoms. The minimum atomic E-state index is 0.0149. The molecule has 0 radical (unpaired) electrons. The second kappa shape index (κ2) is 6.89. The van der Waals surface area contributed by atoms with E-state index in [1.165, 1.54) is 12.8 Å². The Bertz CT molecular complexity index is 152. The summed E-state index contributed by atoms with van der Waals surface area (Å²) in [5.41, 5.74) is 0. The van der Waals surface area contributed by atoms with Crippen LogP contribution in [-0.2, 0) is 4.79 Å². The van der Waals surface area contributed by atoms with Crippen LogP contribution in [0.3, 0.4) is 0 Å². The van der Waals surface area contributed by atoms with Crippen LogP contribution in [-0.4, -0.2) is 11.9 Å². The number of rotatable bonds is 5. The van der Waals surface area contributed by atoms with Gasteiger partial charge in [0.2, 0.25) is 5.91 Å². The maximum absolute atomic E-state index is 11.0. The average Bonchev–Trinajstić information content (AvgIpc) is 2.01. The largest absolute Gasteiger partial charge is 0.350 e. The highest BCUT2D eigenvalue weighted by Crippen LogP contribution is 1.98. The number of allylic oxidation sites excluding steroid dienone is 1. The molecule has 0 aliphatic heterocycles. The first-order chi connectivity index (χ1) is 5.70. The van der Waals surface area contributed by atoms with E-state index < -0.39 is 0 Å². The van der Waals surface area contributed by atoms with E-state index in [0.29, 0.717) is 6.04 Å². The van der Waals surface area contributed by atoms with Crippen LogP contribution >= 0.6 is 0 Å². The summed E-state index contributed by atoms with van der Waals surface area (Å²) in [6.07, 6.45) is 6.74. The summed E-state index contributed by atoms with van der Waals surface area (Å²) in [5.74, 6) is 0.0149. The van der Waals surface area contributed by atoms with Crippen LogP contribution in [0.4, 0.5) is 0 Å². The molecule has 0 saturated heterocycles. The highest BCUT2D eigenvalue weighted by molar-refractivity contribution is 5.87. The van der Waals surface area contributed by atoms with Crippen LogP contribution in [0.15, 0.2) is 12.2 Å². The molecule has 1 N–H and O–H groups in total. The van der Waals surface area contributed by atoms with E-state index in [2.05, 4.69) is 12.2 Å². The number of hydrogen-bond acceptors (Lipinski definition) is 1. The molecule has 0 fully saturated rings. The summed E-state index contributed by atoms with van der Waals surface area (Å²) in [4.78, 5) is 11.0. The molecule has 0 aliphatic carbocycles. The highest BCUT2D eigenvalue weighted by atomic mass is 16.1. The van der Waals surface area contributed by atoms with Gasteiger partial charge in [-0.05, 0) is 26.3 Å². The van der Waals surface area contributed by atoms with E-state index in [0.717, 1.165) is 6.42 Å². The Morgan fingerprint density at radius 2 is 2.25 bits per heavy atom. The SMILES string of the molecule is CC=CC(=O)NC(C)CCCC. The van der Waals surface area contributed by atoms with Gasteiger partial charge in [0.05, 0.1) is 0 Å². The molecule has 1 amide bonds. The van der Waals surface area contributed by atoms with Gasteiger partial charge in [0, 0.05) is 6.04 Å². The van der Waals surface area contributed by atoms with Crippen molar-refractivity contribution in [2.75, 3.05) is 0 Å². The summed E-state index contributed by atoms with van der Waals surface area (Å²) < 4.78 is 0. The lowest BCUT2D eigenvalue weighted by atomic mass is 10.1. The van der Waals surface area contributed by atoms with E-state index in [4.69, 9.17) is 0 Å². The Balaban J connectivity index is 3.53. The molecular formula is C10H19NO. The van der Waals surface area contributed by atoms with Crippen LogP contribution in [0.25, 0.3) is 0 Å². The van der Waals surface area contributed by atoms with Crippen LogP contribution in [0.2, 0.25) is 0 Å². The zero-order valence-corrected chi connectivity index (χ0v) is 8.26. The molecule has 12 heavy (non-hydrogen) atoms. The average molecular weight is 169 g/mol. The molecule has 70 valence electrons. The highest BCUT2D eigenvalue weighted by Gasteiger charge is 2.02. The van der Waals surface area contributed by atoms with Gasteiger partial charge in [0.1, 0.15) is 0 Å². The summed E-state index contributed by atoms with van der Waals surface area (Å²) in [6.45, 7) is 6.04. The lowest BCUT2D eigenvalue weighted by Gasteiger charge is -2.10. The number of amides is 1. The molecule has 1 unspecified atom stereocenters. The third-order valence-corrected chi connectivity index (χ3v) is 1.70. The van der Waals surface area contributed by atoms with Crippen LogP contribution in [0.1, 0.15) is 40.0 Å². The number of unbranched alkanes of at least 4 members (excludes halogenated alkanes) is 1. The number of nitrogens with one attached hydrogen (secondary N) is 1. The van der Waals surface area contributed by atoms with Crippen molar-refractivity contribution >= 4 is 5.91 Å². The fourth-order valence-electron chi connectivity index (χ4n) is 1.02. The fraction of sp³-hybridized carbons (Fsp3) is 0.700. The second-order valence-corrected chi connectivity index (χ2v) is 3.05. The fourth-order valence-corrected chi connectivity index (χ4v) is 1.02. The minimum Gasteiger partial charge on any atom is -0.350 e. The maximum Gasteiger partial charge on any atom is 0.243 e. The van der Waals surface area contributed by atoms with Crippen molar-refractivity contribution < 1.29 is 4.79 Å². The zero-order valence-electron chi connectivity index (χ0n) is 8.26. The van der Waals surface area contributed by atoms with Crippen LogP contribution < -0.4 is 5.32 Å². The molecule has 1 atom stereocenters. The molecule has 0 aliphatic rings. The van der Waals surface area contributed by atoms with Crippen LogP contribution in [0, 0.1) is 0 Å². The molecule has 0 saturated carbocycles. The van der Waals surface area contributed by atoms with Gasteiger partial charge in [-0.2, -0.15) is 0 Å². The first-order valence-electron chi connectivity index (χ1n) is 4.63. The number of carbonyl (C=O) groups excluding carboxylic acids is 1. The van der Waals surface area contributed by atoms with E-state index in [-0.39, 0.29) is 5.91 Å². The molecule has 0 spiro atoms. The first kappa shape index (κ1) is 11.2. The van der Waals surface area contributed by atoms with Gasteiger partial charge in [-0.1, -0.05) is 25.8 Å². The first-order valence-corrected chi connectivity index (χ1v) is 4.63. The van der Waals surface area contributed by atoms with E-state index >= 15 is 0 Å². The molecule has 0 bridgehead atoms. The maximum atomic E-state index is 11.0. The zero-order chi connectivity index (χ0) is 9.40. The molecule has 0 aromatic heterocycles. The molecule has 0 rings (SSSR count). The Labute approximate surface area is 75.0 Å². The normalized spacial score (nSPS) is 13.2. The number of hydrogen-bond donors (Lipinski definition) is 1. The monoisotopic (exact) mass is 169 g/mol. The molecule has 2 nitrogen and oxygen atoms in total. The Hall–Kier alpha value is -0.790. The molecule has 0 aromatic carbocycles. The predicted molar refractivity (Wildman–Crippen MR) is 51.9 cm³/mol.